The molecule has 0 aromatic heterocycles. The molecule has 2 aromatic rings. The van der Waals surface area contributed by atoms with Crippen LogP contribution in [0.25, 0.3) is 0 Å². The second kappa shape index (κ2) is 16.2. The Labute approximate surface area is 224 Å². The summed E-state index contributed by atoms with van der Waals surface area (Å²) in [5, 5.41) is 0. The molecule has 0 radical (unpaired) electrons. The molecule has 6 nitrogen and oxygen atoms in total. The van der Waals surface area contributed by atoms with Crippen molar-refractivity contribution in [3.63, 3.8) is 0 Å². The van der Waals surface area contributed by atoms with Crippen LogP contribution in [-0.2, 0) is 11.2 Å². The van der Waals surface area contributed by atoms with Gasteiger partial charge in [0.1, 0.15) is 29.3 Å². The molecule has 6 heteroatoms. The number of nitrogens with zero attached hydrogens (tertiary/aromatic N) is 1. The predicted molar refractivity (Wildman–Crippen MR) is 151 cm³/mol. The quantitative estimate of drug-likeness (QED) is 0.208. The van der Waals surface area contributed by atoms with Gasteiger partial charge in [-0.05, 0) is 95.8 Å². The van der Waals surface area contributed by atoms with Crippen LogP contribution >= 0.6 is 0 Å². The fourth-order valence-electron chi connectivity index (χ4n) is 4.66. The van der Waals surface area contributed by atoms with E-state index < -0.39 is 0 Å². The van der Waals surface area contributed by atoms with Crippen LogP contribution in [0.1, 0.15) is 82.9 Å². The van der Waals surface area contributed by atoms with Crippen molar-refractivity contribution in [1.82, 2.24) is 4.90 Å². The minimum atomic E-state index is -0.193. The minimum Gasteiger partial charge on any atom is -0.494 e. The van der Waals surface area contributed by atoms with Crippen molar-refractivity contribution >= 4 is 6.29 Å². The molecule has 1 unspecified atom stereocenters. The van der Waals surface area contributed by atoms with Gasteiger partial charge in [0.05, 0.1) is 26.4 Å². The lowest BCUT2D eigenvalue weighted by Crippen LogP contribution is -2.23. The van der Waals surface area contributed by atoms with Gasteiger partial charge in [0, 0.05) is 30.2 Å². The summed E-state index contributed by atoms with van der Waals surface area (Å²) in [5.74, 6) is 3.33. The summed E-state index contributed by atoms with van der Waals surface area (Å²) in [5.41, 5.74) is 3.33. The van der Waals surface area contributed by atoms with Gasteiger partial charge >= 0.3 is 0 Å². The van der Waals surface area contributed by atoms with Gasteiger partial charge in [-0.15, -0.1) is 0 Å². The van der Waals surface area contributed by atoms with Gasteiger partial charge in [-0.2, -0.15) is 0 Å². The normalized spacial score (nSPS) is 12.0. The Morgan fingerprint density at radius 3 is 1.86 bits per heavy atom. The summed E-state index contributed by atoms with van der Waals surface area (Å²) in [4.78, 5) is 14.6. The van der Waals surface area contributed by atoms with E-state index in [2.05, 4.69) is 37.9 Å². The van der Waals surface area contributed by atoms with Crippen molar-refractivity contribution < 1.29 is 23.7 Å². The zero-order valence-electron chi connectivity index (χ0n) is 24.0. The third-order valence-electron chi connectivity index (χ3n) is 6.30. The number of carbonyl (C=O) groups is 1. The Bertz CT molecular complexity index is 935. The second-order valence-electron chi connectivity index (χ2n) is 9.56. The Hall–Kier alpha value is -2.73. The summed E-state index contributed by atoms with van der Waals surface area (Å²) < 4.78 is 23.2. The number of aldehydes is 1. The van der Waals surface area contributed by atoms with Crippen LogP contribution < -0.4 is 18.9 Å². The Balaban J connectivity index is 2.05. The zero-order chi connectivity index (χ0) is 27.2. The van der Waals surface area contributed by atoms with E-state index >= 15 is 0 Å². The number of ether oxygens (including phenoxy) is 4. The number of hydrogen-bond acceptors (Lipinski definition) is 6. The highest BCUT2D eigenvalue weighted by Gasteiger charge is 2.22. The van der Waals surface area contributed by atoms with Crippen LogP contribution in [0.15, 0.2) is 30.3 Å². The lowest BCUT2D eigenvalue weighted by molar-refractivity contribution is -0.109. The molecule has 0 bridgehead atoms. The molecular weight excluding hydrogens is 466 g/mol. The number of likely N-dealkylation sites (N-methyl/N-ethyl adjacent to an activating group) is 1. The van der Waals surface area contributed by atoms with E-state index in [0.717, 1.165) is 72.8 Å². The highest BCUT2D eigenvalue weighted by Crippen LogP contribution is 2.39. The molecule has 0 aliphatic rings. The molecule has 206 valence electrons. The van der Waals surface area contributed by atoms with Crippen molar-refractivity contribution in [2.75, 3.05) is 46.6 Å². The fourth-order valence-corrected chi connectivity index (χ4v) is 4.66. The third-order valence-corrected chi connectivity index (χ3v) is 6.30. The summed E-state index contributed by atoms with van der Waals surface area (Å²) in [7, 11) is 2.13. The average molecular weight is 514 g/mol. The topological polar surface area (TPSA) is 57.2 Å². The zero-order valence-corrected chi connectivity index (χ0v) is 24.0. The summed E-state index contributed by atoms with van der Waals surface area (Å²) >= 11 is 0. The van der Waals surface area contributed by atoms with Crippen LogP contribution in [-0.4, -0.2) is 57.8 Å². The Morgan fingerprint density at radius 1 is 0.784 bits per heavy atom. The van der Waals surface area contributed by atoms with Crippen molar-refractivity contribution in [3.8, 4) is 23.0 Å². The molecular formula is C31H47NO5. The molecule has 0 saturated heterocycles. The number of carbonyl (C=O) groups excluding carboxylic acids is 1. The fraction of sp³-hybridized carbons (Fsp3) is 0.581. The van der Waals surface area contributed by atoms with Crippen molar-refractivity contribution in [1.29, 1.82) is 0 Å². The van der Waals surface area contributed by atoms with Gasteiger partial charge in [-0.25, -0.2) is 0 Å². The van der Waals surface area contributed by atoms with Crippen molar-refractivity contribution in [3.05, 3.63) is 47.0 Å². The Kier molecular flexibility index (Phi) is 13.3. The molecule has 2 rings (SSSR count). The van der Waals surface area contributed by atoms with Gasteiger partial charge in [-0.1, -0.05) is 13.8 Å². The molecule has 0 N–H and O–H groups in total. The molecule has 0 aliphatic carbocycles. The van der Waals surface area contributed by atoms with Crippen molar-refractivity contribution in [2.24, 2.45) is 0 Å². The first-order valence-corrected chi connectivity index (χ1v) is 13.8. The van der Waals surface area contributed by atoms with Crippen molar-refractivity contribution in [2.45, 2.75) is 72.6 Å². The van der Waals surface area contributed by atoms with Gasteiger partial charge in [-0.3, -0.25) is 0 Å². The third kappa shape index (κ3) is 9.58. The SMILES string of the molecule is CCOc1cc(CCN(C)CCCC(C=O)c2cc(OCC)cc(OCC)c2C(C)C)cc(OCC)c1. The van der Waals surface area contributed by atoms with Crippen LogP contribution in [0.3, 0.4) is 0 Å². The molecule has 0 heterocycles. The summed E-state index contributed by atoms with van der Waals surface area (Å²) in [6.07, 6.45) is 3.69. The van der Waals surface area contributed by atoms with Gasteiger partial charge in [0.2, 0.25) is 0 Å². The number of rotatable bonds is 18. The second-order valence-corrected chi connectivity index (χ2v) is 9.56. The number of benzene rings is 2. The van der Waals surface area contributed by atoms with E-state index in [1.54, 1.807) is 0 Å². The van der Waals surface area contributed by atoms with Crippen LogP contribution in [0, 0.1) is 0 Å². The monoisotopic (exact) mass is 513 g/mol. The van der Waals surface area contributed by atoms with E-state index in [-0.39, 0.29) is 11.8 Å². The molecule has 0 spiro atoms. The molecule has 37 heavy (non-hydrogen) atoms. The lowest BCUT2D eigenvalue weighted by Gasteiger charge is -2.24. The van der Waals surface area contributed by atoms with E-state index in [1.807, 2.05) is 45.9 Å². The molecule has 0 fully saturated rings. The van der Waals surface area contributed by atoms with Gasteiger partial charge in [0.25, 0.3) is 0 Å². The first kappa shape index (κ1) is 30.5. The van der Waals surface area contributed by atoms with E-state index in [0.29, 0.717) is 26.4 Å². The average Bonchev–Trinajstić information content (AvgIpc) is 2.85. The van der Waals surface area contributed by atoms with Gasteiger partial charge < -0.3 is 28.6 Å². The largest absolute Gasteiger partial charge is 0.494 e. The smallest absolute Gasteiger partial charge is 0.127 e. The maximum Gasteiger partial charge on any atom is 0.127 e. The van der Waals surface area contributed by atoms with Crippen LogP contribution in [0.5, 0.6) is 23.0 Å². The molecule has 0 amide bonds. The standard InChI is InChI=1S/C31H47NO5/c1-8-34-26-17-24(18-27(19-26)35-9-2)14-16-32(7)15-12-13-25(22-33)29-20-28(36-10-3)21-30(37-11-4)31(29)23(5)6/h17-23,25H,8-16H2,1-7H3. The molecule has 2 aromatic carbocycles. The minimum absolute atomic E-state index is 0.193. The lowest BCUT2D eigenvalue weighted by atomic mass is 9.86. The molecule has 1 atom stereocenters. The first-order chi connectivity index (χ1) is 17.9. The summed E-state index contributed by atoms with van der Waals surface area (Å²) in [6, 6.07) is 10.1. The highest BCUT2D eigenvalue weighted by atomic mass is 16.5. The first-order valence-electron chi connectivity index (χ1n) is 13.8. The van der Waals surface area contributed by atoms with E-state index in [9.17, 15) is 4.79 Å². The predicted octanol–water partition coefficient (Wildman–Crippen LogP) is 6.64. The molecule has 0 aliphatic heterocycles. The molecule has 0 saturated carbocycles. The van der Waals surface area contributed by atoms with Crippen LogP contribution in [0.2, 0.25) is 0 Å². The summed E-state index contributed by atoms with van der Waals surface area (Å²) in [6.45, 7) is 16.5. The maximum atomic E-state index is 12.3. The Morgan fingerprint density at radius 2 is 1.35 bits per heavy atom. The van der Waals surface area contributed by atoms with Gasteiger partial charge in [0.15, 0.2) is 0 Å². The maximum absolute atomic E-state index is 12.3. The van der Waals surface area contributed by atoms with E-state index in [4.69, 9.17) is 18.9 Å². The van der Waals surface area contributed by atoms with E-state index in [1.165, 1.54) is 5.56 Å². The van der Waals surface area contributed by atoms with Crippen LogP contribution in [0.4, 0.5) is 0 Å². The number of hydrogen-bond donors (Lipinski definition) is 0. The highest BCUT2D eigenvalue weighted by molar-refractivity contribution is 5.66.